The minimum absolute atomic E-state index is 0.183. The number of alkyl halides is 9. The van der Waals surface area contributed by atoms with Crippen molar-refractivity contribution in [2.45, 2.75) is 58.7 Å². The molecule has 17 heteroatoms. The molecule has 0 aliphatic carbocycles. The van der Waals surface area contributed by atoms with Crippen LogP contribution >= 0.6 is 10.3 Å². The minimum atomic E-state index is -7.47. The van der Waals surface area contributed by atoms with Gasteiger partial charge in [0.25, 0.3) is 0 Å². The molecule has 45 heavy (non-hydrogen) atoms. The number of rotatable bonds is 14. The molecule has 250 valence electrons. The smallest absolute Gasteiger partial charge is 0.486 e. The van der Waals surface area contributed by atoms with Gasteiger partial charge in [0.05, 0.1) is 44.8 Å². The third-order valence-electron chi connectivity index (χ3n) is 6.08. The van der Waals surface area contributed by atoms with E-state index in [0.29, 0.717) is 0 Å². The first-order chi connectivity index (χ1) is 20.8. The van der Waals surface area contributed by atoms with E-state index in [-0.39, 0.29) is 51.8 Å². The average Bonchev–Trinajstić information content (AvgIpc) is 2.97. The first-order valence-corrected chi connectivity index (χ1v) is 16.1. The van der Waals surface area contributed by atoms with E-state index >= 15 is 8.78 Å². The zero-order valence-corrected chi connectivity index (χ0v) is 25.4. The van der Waals surface area contributed by atoms with Crippen LogP contribution in [0.1, 0.15) is 20.8 Å². The molecule has 0 fully saturated rings. The Hall–Kier alpha value is -3.31. The second-order valence-electron chi connectivity index (χ2n) is 9.01. The van der Waals surface area contributed by atoms with Gasteiger partial charge < -0.3 is 14.2 Å². The maximum absolute atomic E-state index is 15.1. The van der Waals surface area contributed by atoms with Gasteiger partial charge in [-0.2, -0.15) is 39.5 Å². The molecule has 0 bridgehead atoms. The molecule has 0 aromatic heterocycles. The summed E-state index contributed by atoms with van der Waals surface area (Å²) in [6.45, 7) is 5.48. The fourth-order valence-corrected chi connectivity index (χ4v) is 9.40. The van der Waals surface area contributed by atoms with Crippen LogP contribution in [0.5, 0.6) is 17.2 Å². The zero-order valence-electron chi connectivity index (χ0n) is 23.8. The summed E-state index contributed by atoms with van der Waals surface area (Å²) in [6, 6.07) is 14.9. The highest BCUT2D eigenvalue weighted by Gasteiger charge is 2.88. The average molecular weight is 696 g/mol. The van der Waals surface area contributed by atoms with Crippen LogP contribution < -0.4 is 14.2 Å². The molecule has 3 aromatic rings. The van der Waals surface area contributed by atoms with Crippen LogP contribution in [0, 0.1) is 0 Å². The summed E-state index contributed by atoms with van der Waals surface area (Å²) < 4.78 is 171. The standard InChI is InChI=1S/C28H27F9O6S2/c1-4-40-19-7-13-22(14-8-19)44(23-15-9-20(10-16-23)41-5-2,24-17-11-21(12-18-24)42-6-3)43-45(38,39)28(36,37)26(31,32)25(29,30)27(33,34)35/h7-18H,4-6H2,1-3H3/p+1. The number of ether oxygens (including phenoxy) is 3. The van der Waals surface area contributed by atoms with Gasteiger partial charge in [-0.1, -0.05) is 0 Å². The Morgan fingerprint density at radius 3 is 1.07 bits per heavy atom. The van der Waals surface area contributed by atoms with E-state index in [2.05, 4.69) is 3.63 Å². The van der Waals surface area contributed by atoms with Crippen LogP contribution in [0.25, 0.3) is 0 Å². The van der Waals surface area contributed by atoms with E-state index in [1.165, 1.54) is 72.8 Å². The summed E-state index contributed by atoms with van der Waals surface area (Å²) in [5, 5.41) is -7.04. The predicted molar refractivity (Wildman–Crippen MR) is 148 cm³/mol. The van der Waals surface area contributed by atoms with Crippen molar-refractivity contribution >= 4 is 20.4 Å². The lowest BCUT2D eigenvalue weighted by Gasteiger charge is -2.37. The monoisotopic (exact) mass is 695 g/mol. The molecule has 0 aliphatic heterocycles. The van der Waals surface area contributed by atoms with Crippen LogP contribution in [0.4, 0.5) is 39.5 Å². The van der Waals surface area contributed by atoms with Crippen LogP contribution in [0.15, 0.2) is 87.5 Å². The van der Waals surface area contributed by atoms with E-state index in [0.717, 1.165) is 0 Å². The number of hydrogen-bond donors (Lipinski definition) is 0. The molecule has 0 atom stereocenters. The summed E-state index contributed by atoms with van der Waals surface area (Å²) in [7, 11) is -11.3. The fraction of sp³-hybridized carbons (Fsp3) is 0.357. The summed E-state index contributed by atoms with van der Waals surface area (Å²) >= 11 is 0. The molecule has 6 nitrogen and oxygen atoms in total. The van der Waals surface area contributed by atoms with E-state index < -0.39 is 43.7 Å². The Labute approximate surface area is 254 Å². The van der Waals surface area contributed by atoms with Gasteiger partial charge in [-0.3, -0.25) is 3.63 Å². The first-order valence-electron chi connectivity index (χ1n) is 13.0. The highest BCUT2D eigenvalue weighted by Crippen LogP contribution is 2.70. The van der Waals surface area contributed by atoms with Gasteiger partial charge in [-0.25, -0.2) is 0 Å². The van der Waals surface area contributed by atoms with Crippen LogP contribution in [0.3, 0.4) is 0 Å². The van der Waals surface area contributed by atoms with Gasteiger partial charge in [0, 0.05) is 0 Å². The van der Waals surface area contributed by atoms with E-state index in [1.807, 2.05) is 0 Å². The van der Waals surface area contributed by atoms with Gasteiger partial charge >= 0.3 is 33.4 Å². The van der Waals surface area contributed by atoms with Crippen LogP contribution in [0.2, 0.25) is 0 Å². The van der Waals surface area contributed by atoms with Crippen molar-refractivity contribution in [3.63, 3.8) is 0 Å². The second kappa shape index (κ2) is 13.2. The van der Waals surface area contributed by atoms with Gasteiger partial charge in [0.15, 0.2) is 0 Å². The molecule has 3 rings (SSSR count). The number of benzene rings is 3. The van der Waals surface area contributed by atoms with Crippen molar-refractivity contribution in [3.05, 3.63) is 72.8 Å². The molecule has 0 heterocycles. The molecule has 0 aliphatic rings. The van der Waals surface area contributed by atoms with Crippen molar-refractivity contribution < 1.29 is 65.8 Å². The van der Waals surface area contributed by atoms with Crippen molar-refractivity contribution in [2.24, 2.45) is 0 Å². The quantitative estimate of drug-likeness (QED) is 0.0957. The fourth-order valence-electron chi connectivity index (χ4n) is 3.95. The second-order valence-corrected chi connectivity index (χ2v) is 13.6. The third-order valence-corrected chi connectivity index (χ3v) is 11.5. The van der Waals surface area contributed by atoms with Gasteiger partial charge in [0.1, 0.15) is 17.2 Å². The molecule has 3 aromatic carbocycles. The molecule has 0 spiro atoms. The summed E-state index contributed by atoms with van der Waals surface area (Å²) in [4.78, 5) is -0.612. The summed E-state index contributed by atoms with van der Waals surface area (Å²) in [5.74, 6) is -14.3. The maximum Gasteiger partial charge on any atom is 0.486 e. The van der Waals surface area contributed by atoms with Crippen molar-refractivity contribution in [1.82, 2.24) is 0 Å². The largest absolute Gasteiger partial charge is 0.494 e. The van der Waals surface area contributed by atoms with E-state index in [9.17, 15) is 39.2 Å². The summed E-state index contributed by atoms with van der Waals surface area (Å²) in [5.41, 5.74) is 0. The highest BCUT2D eigenvalue weighted by atomic mass is 32.3. The third kappa shape index (κ3) is 6.65. The van der Waals surface area contributed by atoms with E-state index in [4.69, 9.17) is 14.2 Å². The van der Waals surface area contributed by atoms with Crippen molar-refractivity contribution in [1.29, 1.82) is 0 Å². The highest BCUT2D eigenvalue weighted by molar-refractivity contribution is 8.32. The minimum Gasteiger partial charge on any atom is -0.494 e. The Bertz CT molecular complexity index is 1410. The Morgan fingerprint density at radius 2 is 0.822 bits per heavy atom. The Morgan fingerprint density at radius 1 is 0.533 bits per heavy atom. The zero-order chi connectivity index (χ0) is 33.9. The molecule has 0 radical (unpaired) electrons. The molecular weight excluding hydrogens is 667 g/mol. The summed E-state index contributed by atoms with van der Waals surface area (Å²) in [6.07, 6.45) is -7.24. The number of halogens is 9. The molecule has 1 N–H and O–H groups in total. The number of hydrogen-bond acceptors (Lipinski definition) is 5. The SMILES string of the molecule is CCOc1ccc(S([OH+]S(=O)(=O)C(F)(F)C(F)(F)C(F)(F)C(F)(F)F)(c2ccc(OCC)cc2)c2ccc(OCC)cc2)cc1. The normalized spacial score (nSPS) is 13.8. The van der Waals surface area contributed by atoms with Crippen molar-refractivity contribution in [2.75, 3.05) is 19.8 Å². The molecule has 0 unspecified atom stereocenters. The lowest BCUT2D eigenvalue weighted by molar-refractivity contribution is -0.382. The van der Waals surface area contributed by atoms with Gasteiger partial charge in [-0.05, 0) is 93.6 Å². The van der Waals surface area contributed by atoms with Gasteiger partial charge in [-0.15, -0.1) is 8.42 Å². The first kappa shape index (κ1) is 36.2. The topological polar surface area (TPSA) is 74.6 Å². The molecule has 0 saturated heterocycles. The lowest BCUT2D eigenvalue weighted by atomic mass is 10.1. The molecular formula is C28H28F9O6S2+. The Balaban J connectivity index is 2.40. The maximum atomic E-state index is 15.1. The lowest BCUT2D eigenvalue weighted by Crippen LogP contribution is -2.63. The van der Waals surface area contributed by atoms with E-state index in [1.54, 1.807) is 20.8 Å². The molecule has 0 amide bonds. The van der Waals surface area contributed by atoms with Crippen LogP contribution in [-0.4, -0.2) is 55.1 Å². The molecule has 0 saturated carbocycles. The van der Waals surface area contributed by atoms with Gasteiger partial charge in [0.2, 0.25) is 0 Å². The Kier molecular flexibility index (Phi) is 10.6. The predicted octanol–water partition coefficient (Wildman–Crippen LogP) is 8.93. The van der Waals surface area contributed by atoms with Crippen LogP contribution in [-0.2, 0) is 10.1 Å². The van der Waals surface area contributed by atoms with Crippen molar-refractivity contribution in [3.8, 4) is 17.2 Å².